The molecule has 0 saturated carbocycles. The van der Waals surface area contributed by atoms with Crippen molar-refractivity contribution in [3.8, 4) is 0 Å². The molecule has 1 aromatic heterocycles. The van der Waals surface area contributed by atoms with Gasteiger partial charge in [-0.05, 0) is 77.9 Å². The van der Waals surface area contributed by atoms with Crippen LogP contribution in [0.5, 0.6) is 0 Å². The first-order chi connectivity index (χ1) is 21.8. The summed E-state index contributed by atoms with van der Waals surface area (Å²) in [6.07, 6.45) is 3.03. The summed E-state index contributed by atoms with van der Waals surface area (Å²) in [6, 6.07) is 35.4. The van der Waals surface area contributed by atoms with Gasteiger partial charge in [-0.1, -0.05) is 83.9 Å². The molecule has 0 bridgehead atoms. The molecular weight excluding hydrogens is 627 g/mol. The Morgan fingerprint density at radius 2 is 1.44 bits per heavy atom. The Balaban J connectivity index is 1.32. The van der Waals surface area contributed by atoms with E-state index in [-0.39, 0.29) is 11.6 Å². The minimum Gasteiger partial charge on any atom is -0.321 e. The van der Waals surface area contributed by atoms with Crippen LogP contribution in [0.25, 0.3) is 6.08 Å². The lowest BCUT2D eigenvalue weighted by Gasteiger charge is -2.17. The Morgan fingerprint density at radius 3 is 2.11 bits per heavy atom. The molecular formula is C35H26Cl2N4O3S. The summed E-state index contributed by atoms with van der Waals surface area (Å²) in [4.78, 5) is 44.6. The van der Waals surface area contributed by atoms with Crippen LogP contribution >= 0.6 is 35.0 Å². The number of hydrogen-bond acceptors (Lipinski definition) is 5. The van der Waals surface area contributed by atoms with Gasteiger partial charge in [0.05, 0.1) is 5.02 Å². The number of aromatic nitrogens is 1. The van der Waals surface area contributed by atoms with E-state index >= 15 is 0 Å². The second kappa shape index (κ2) is 15.2. The van der Waals surface area contributed by atoms with Crippen molar-refractivity contribution in [3.63, 3.8) is 0 Å². The van der Waals surface area contributed by atoms with Crippen LogP contribution in [0.4, 0.5) is 11.5 Å². The van der Waals surface area contributed by atoms with Crippen LogP contribution in [0.1, 0.15) is 26.7 Å². The van der Waals surface area contributed by atoms with Crippen molar-refractivity contribution in [1.82, 2.24) is 10.3 Å². The van der Waals surface area contributed by atoms with E-state index in [0.29, 0.717) is 32.7 Å². The van der Waals surface area contributed by atoms with Gasteiger partial charge in [0, 0.05) is 27.4 Å². The van der Waals surface area contributed by atoms with Gasteiger partial charge in [0.15, 0.2) is 0 Å². The summed E-state index contributed by atoms with van der Waals surface area (Å²) in [5.41, 5.74) is 2.41. The van der Waals surface area contributed by atoms with Gasteiger partial charge in [-0.3, -0.25) is 14.4 Å². The number of halogens is 2. The summed E-state index contributed by atoms with van der Waals surface area (Å²) < 4.78 is 0. The Morgan fingerprint density at radius 1 is 0.733 bits per heavy atom. The first-order valence-electron chi connectivity index (χ1n) is 13.7. The minimum atomic E-state index is -0.579. The summed E-state index contributed by atoms with van der Waals surface area (Å²) in [5, 5.41) is 8.81. The molecule has 0 spiro atoms. The Bertz CT molecular complexity index is 1820. The number of rotatable bonds is 10. The SMILES string of the molecule is O=C(Nc1ccc(SC(C(=O)Nc2ccc(Cl)cn2)c2ccccc2)cc1)/C(=C/c1cccc(Cl)c1)NC(=O)c1ccccc1. The van der Waals surface area contributed by atoms with E-state index in [1.54, 1.807) is 84.9 Å². The Hall–Kier alpha value is -4.89. The van der Waals surface area contributed by atoms with Crippen LogP contribution < -0.4 is 16.0 Å². The molecule has 7 nitrogen and oxygen atoms in total. The molecule has 1 unspecified atom stereocenters. The van der Waals surface area contributed by atoms with E-state index in [2.05, 4.69) is 20.9 Å². The van der Waals surface area contributed by atoms with Crippen molar-refractivity contribution in [3.05, 3.63) is 160 Å². The van der Waals surface area contributed by atoms with E-state index in [1.807, 2.05) is 42.5 Å². The van der Waals surface area contributed by atoms with Gasteiger partial charge in [-0.25, -0.2) is 4.98 Å². The average molecular weight is 654 g/mol. The topological polar surface area (TPSA) is 100 Å². The second-order valence-electron chi connectivity index (χ2n) is 9.67. The van der Waals surface area contributed by atoms with Gasteiger partial charge < -0.3 is 16.0 Å². The lowest BCUT2D eigenvalue weighted by molar-refractivity contribution is -0.116. The van der Waals surface area contributed by atoms with Crippen molar-refractivity contribution < 1.29 is 14.4 Å². The van der Waals surface area contributed by atoms with Gasteiger partial charge in [-0.2, -0.15) is 0 Å². The molecule has 0 aliphatic carbocycles. The molecule has 3 N–H and O–H groups in total. The van der Waals surface area contributed by atoms with Gasteiger partial charge in [0.25, 0.3) is 11.8 Å². The predicted octanol–water partition coefficient (Wildman–Crippen LogP) is 8.27. The number of nitrogens with zero attached hydrogens (tertiary/aromatic N) is 1. The zero-order valence-electron chi connectivity index (χ0n) is 23.6. The third-order valence-corrected chi connectivity index (χ3v) is 8.10. The number of benzene rings is 4. The molecule has 0 aliphatic heterocycles. The first-order valence-corrected chi connectivity index (χ1v) is 15.4. The normalized spacial score (nSPS) is 11.7. The smallest absolute Gasteiger partial charge is 0.272 e. The molecule has 10 heteroatoms. The number of carbonyl (C=O) groups is 3. The number of hydrogen-bond donors (Lipinski definition) is 3. The summed E-state index contributed by atoms with van der Waals surface area (Å²) in [7, 11) is 0. The lowest BCUT2D eigenvalue weighted by atomic mass is 10.1. The van der Waals surface area contributed by atoms with E-state index in [9.17, 15) is 14.4 Å². The predicted molar refractivity (Wildman–Crippen MR) is 181 cm³/mol. The largest absolute Gasteiger partial charge is 0.321 e. The van der Waals surface area contributed by atoms with Crippen LogP contribution in [0.2, 0.25) is 10.0 Å². The molecule has 0 saturated heterocycles. The zero-order valence-corrected chi connectivity index (χ0v) is 25.9. The molecule has 1 atom stereocenters. The molecule has 1 heterocycles. The number of thioether (sulfide) groups is 1. The van der Waals surface area contributed by atoms with Crippen LogP contribution in [0, 0.1) is 0 Å². The maximum Gasteiger partial charge on any atom is 0.272 e. The lowest BCUT2D eigenvalue weighted by Crippen LogP contribution is -2.30. The Labute approximate surface area is 274 Å². The highest BCUT2D eigenvalue weighted by atomic mass is 35.5. The number of anilines is 2. The summed E-state index contributed by atoms with van der Waals surface area (Å²) in [6.45, 7) is 0. The van der Waals surface area contributed by atoms with Crippen LogP contribution in [-0.2, 0) is 9.59 Å². The van der Waals surface area contributed by atoms with E-state index in [1.165, 1.54) is 18.0 Å². The zero-order chi connectivity index (χ0) is 31.6. The van der Waals surface area contributed by atoms with Crippen LogP contribution in [-0.4, -0.2) is 22.7 Å². The molecule has 3 amide bonds. The summed E-state index contributed by atoms with van der Waals surface area (Å²) >= 11 is 13.4. The highest BCUT2D eigenvalue weighted by molar-refractivity contribution is 8.00. The average Bonchev–Trinajstić information content (AvgIpc) is 3.06. The van der Waals surface area contributed by atoms with Crippen molar-refractivity contribution >= 4 is 70.3 Å². The fraction of sp³-hybridized carbons (Fsp3) is 0.0286. The molecule has 224 valence electrons. The van der Waals surface area contributed by atoms with Crippen LogP contribution in [0.15, 0.2) is 138 Å². The maximum absolute atomic E-state index is 13.4. The molecule has 5 aromatic rings. The van der Waals surface area contributed by atoms with Gasteiger partial charge in [0.1, 0.15) is 16.8 Å². The van der Waals surface area contributed by atoms with Gasteiger partial charge in [0.2, 0.25) is 5.91 Å². The molecule has 45 heavy (non-hydrogen) atoms. The molecule has 0 aliphatic rings. The third-order valence-electron chi connectivity index (χ3n) is 6.37. The number of pyridine rings is 1. The van der Waals surface area contributed by atoms with E-state index in [4.69, 9.17) is 23.2 Å². The van der Waals surface area contributed by atoms with Crippen LogP contribution in [0.3, 0.4) is 0 Å². The first kappa shape index (κ1) is 31.5. The standard InChI is InChI=1S/C35H26Cl2N4O3S/c36-26-13-7-8-23(20-26)21-30(40-33(42)25-11-5-2-6-12-25)34(43)39-28-15-17-29(18-16-28)45-32(24-9-3-1-4-10-24)35(44)41-31-19-14-27(37)22-38-31/h1-22,32H,(H,39,43)(H,40,42)(H,38,41,44)/b30-21-. The third kappa shape index (κ3) is 9.06. The molecule has 4 aromatic carbocycles. The summed E-state index contributed by atoms with van der Waals surface area (Å²) in [5.74, 6) is -0.796. The monoisotopic (exact) mass is 652 g/mol. The van der Waals surface area contributed by atoms with Crippen molar-refractivity contribution in [2.24, 2.45) is 0 Å². The van der Waals surface area contributed by atoms with Gasteiger partial charge in [-0.15, -0.1) is 11.8 Å². The fourth-order valence-electron chi connectivity index (χ4n) is 4.20. The number of amides is 3. The highest BCUT2D eigenvalue weighted by Crippen LogP contribution is 2.36. The minimum absolute atomic E-state index is 0.0428. The molecule has 0 fully saturated rings. The maximum atomic E-state index is 13.4. The van der Waals surface area contributed by atoms with Crippen molar-refractivity contribution in [2.45, 2.75) is 10.1 Å². The molecule has 5 rings (SSSR count). The van der Waals surface area contributed by atoms with E-state index < -0.39 is 17.1 Å². The highest BCUT2D eigenvalue weighted by Gasteiger charge is 2.23. The van der Waals surface area contributed by atoms with E-state index in [0.717, 1.165) is 10.5 Å². The second-order valence-corrected chi connectivity index (χ2v) is 11.7. The van der Waals surface area contributed by atoms with Crippen molar-refractivity contribution in [1.29, 1.82) is 0 Å². The number of nitrogens with one attached hydrogen (secondary N) is 3. The van der Waals surface area contributed by atoms with Crippen molar-refractivity contribution in [2.75, 3.05) is 10.6 Å². The van der Waals surface area contributed by atoms with Gasteiger partial charge >= 0.3 is 0 Å². The molecule has 0 radical (unpaired) electrons. The Kier molecular flexibility index (Phi) is 10.7. The number of carbonyl (C=O) groups excluding carboxylic acids is 3. The fourth-order valence-corrected chi connectivity index (χ4v) is 5.53. The quantitative estimate of drug-likeness (QED) is 0.104.